The first-order valence-corrected chi connectivity index (χ1v) is 30.0. The van der Waals surface area contributed by atoms with Crippen LogP contribution in [0.4, 0.5) is 0 Å². The van der Waals surface area contributed by atoms with Gasteiger partial charge in [0.25, 0.3) is 7.82 Å². The number of esters is 1. The van der Waals surface area contributed by atoms with Gasteiger partial charge in [0.2, 0.25) is 5.91 Å². The fraction of sp³-hybridized carbons (Fsp3) is 0.619. The highest BCUT2D eigenvalue weighted by molar-refractivity contribution is 7.45. The molecule has 3 unspecified atom stereocenters. The van der Waals surface area contributed by atoms with Crippen molar-refractivity contribution in [3.05, 3.63) is 134 Å². The number of nitrogens with one attached hydrogen (secondary N) is 1. The quantitative estimate of drug-likeness (QED) is 0.0212. The average Bonchev–Trinajstić information content (AvgIpc) is 3.35. The van der Waals surface area contributed by atoms with Crippen molar-refractivity contribution in [1.82, 2.24) is 5.32 Å². The van der Waals surface area contributed by atoms with Gasteiger partial charge in [0, 0.05) is 12.8 Å². The maximum atomic E-state index is 13.5. The molecule has 0 spiro atoms. The monoisotopic (exact) mass is 1030 g/mol. The summed E-state index contributed by atoms with van der Waals surface area (Å²) in [6.07, 6.45) is 72.9. The maximum Gasteiger partial charge on any atom is 0.306 e. The second-order valence-electron chi connectivity index (χ2n) is 19.7. The Morgan fingerprint density at radius 2 is 0.890 bits per heavy atom. The van der Waals surface area contributed by atoms with Crippen LogP contribution in [0.25, 0.3) is 0 Å². The Kier molecular flexibility index (Phi) is 48.9. The number of hydrogen-bond donors (Lipinski definition) is 1. The fourth-order valence-electron chi connectivity index (χ4n) is 7.24. The van der Waals surface area contributed by atoms with E-state index in [0.29, 0.717) is 23.9 Å². The van der Waals surface area contributed by atoms with Crippen molar-refractivity contribution >= 4 is 19.7 Å². The van der Waals surface area contributed by atoms with Crippen molar-refractivity contribution in [2.24, 2.45) is 0 Å². The summed E-state index contributed by atoms with van der Waals surface area (Å²) in [5, 5.41) is 2.98. The van der Waals surface area contributed by atoms with E-state index in [0.717, 1.165) is 103 Å². The van der Waals surface area contributed by atoms with Crippen LogP contribution in [0.3, 0.4) is 0 Å². The van der Waals surface area contributed by atoms with Crippen LogP contribution >= 0.6 is 7.82 Å². The van der Waals surface area contributed by atoms with Gasteiger partial charge in [0.05, 0.1) is 33.8 Å². The highest BCUT2D eigenvalue weighted by atomic mass is 31.2. The summed E-state index contributed by atoms with van der Waals surface area (Å²) in [6.45, 7) is 6.50. The van der Waals surface area contributed by atoms with Crippen LogP contribution in [-0.2, 0) is 27.9 Å². The topological polar surface area (TPSA) is 114 Å². The number of likely N-dealkylation sites (N-methyl/N-ethyl adjacent to an activating group) is 1. The third-order valence-corrected chi connectivity index (χ3v) is 12.6. The molecule has 0 fully saturated rings. The lowest BCUT2D eigenvalue weighted by molar-refractivity contribution is -0.870. The molecule has 0 aliphatic heterocycles. The van der Waals surface area contributed by atoms with E-state index in [9.17, 15) is 19.0 Å². The van der Waals surface area contributed by atoms with Gasteiger partial charge in [-0.05, 0) is 109 Å². The zero-order chi connectivity index (χ0) is 53.6. The first-order chi connectivity index (χ1) is 35.4. The fourth-order valence-corrected chi connectivity index (χ4v) is 7.97. The van der Waals surface area contributed by atoms with E-state index in [1.807, 2.05) is 39.4 Å². The van der Waals surface area contributed by atoms with Crippen molar-refractivity contribution in [2.75, 3.05) is 40.9 Å². The molecule has 0 aliphatic rings. The molecule has 73 heavy (non-hydrogen) atoms. The second kappa shape index (κ2) is 51.6. The third-order valence-electron chi connectivity index (χ3n) is 11.6. The molecule has 0 aliphatic carbocycles. The van der Waals surface area contributed by atoms with Crippen molar-refractivity contribution in [1.29, 1.82) is 0 Å². The van der Waals surface area contributed by atoms with Gasteiger partial charge >= 0.3 is 5.97 Å². The standard InChI is InChI=1S/C63H105N2O7P/c1-7-10-13-16-19-22-25-28-30-32-33-34-36-38-41-44-47-50-53-56-63(67)72-61(54-51-48-45-42-39-27-24-21-18-15-12-9-3)60(59-71-73(68,69)70-58-57-65(4,5)6)64-62(66)55-52-49-46-43-40-37-35-31-29-26-23-20-17-14-11-8-2/h10-11,13-14,19-20,22-23,28-31,33-34,37-38,40-41,47,50-51,54,60-61H,7-9,12,15-18,21,24-27,32,35-36,39,42-46,48-49,52-53,55-59H2,1-6H3,(H-,64,66,68,69)/b13-10-,14-11+,22-19-,23-20+,30-28-,31-29+,34-33-,40-37+,41-38-,50-47-,54-51+. The molecular formula is C63H105N2O7P. The third kappa shape index (κ3) is 52.8. The highest BCUT2D eigenvalue weighted by Crippen LogP contribution is 2.38. The number of unbranched alkanes of at least 4 members (excludes halogenated alkanes) is 13. The van der Waals surface area contributed by atoms with E-state index in [2.05, 4.69) is 135 Å². The molecule has 0 heterocycles. The Bertz CT molecular complexity index is 1710. The van der Waals surface area contributed by atoms with Crippen molar-refractivity contribution < 1.29 is 37.3 Å². The summed E-state index contributed by atoms with van der Waals surface area (Å²) in [7, 11) is 1.10. The average molecular weight is 1030 g/mol. The molecule has 0 bridgehead atoms. The number of ether oxygens (including phenoxy) is 1. The van der Waals surface area contributed by atoms with Crippen LogP contribution in [-0.4, -0.2) is 69.4 Å². The second-order valence-corrected chi connectivity index (χ2v) is 21.1. The Balaban J connectivity index is 5.54. The largest absolute Gasteiger partial charge is 0.756 e. The molecule has 414 valence electrons. The van der Waals surface area contributed by atoms with Gasteiger partial charge in [-0.15, -0.1) is 0 Å². The van der Waals surface area contributed by atoms with E-state index < -0.39 is 32.5 Å². The van der Waals surface area contributed by atoms with E-state index in [4.69, 9.17) is 13.8 Å². The molecule has 0 aromatic heterocycles. The highest BCUT2D eigenvalue weighted by Gasteiger charge is 2.27. The predicted octanol–water partition coefficient (Wildman–Crippen LogP) is 16.7. The number of nitrogens with zero attached hydrogens (tertiary/aromatic N) is 1. The summed E-state index contributed by atoms with van der Waals surface area (Å²) < 4.78 is 30.1. The lowest BCUT2D eigenvalue weighted by Crippen LogP contribution is -2.47. The van der Waals surface area contributed by atoms with Gasteiger partial charge in [-0.1, -0.05) is 213 Å². The summed E-state index contributed by atoms with van der Waals surface area (Å²) in [4.78, 5) is 39.8. The number of carbonyl (C=O) groups is 2. The van der Waals surface area contributed by atoms with Crippen LogP contribution in [0.15, 0.2) is 134 Å². The van der Waals surface area contributed by atoms with Crippen LogP contribution in [0.5, 0.6) is 0 Å². The molecule has 1 N–H and O–H groups in total. The summed E-state index contributed by atoms with van der Waals surface area (Å²) in [5.74, 6) is -0.689. The Morgan fingerprint density at radius 1 is 0.493 bits per heavy atom. The zero-order valence-electron chi connectivity index (χ0n) is 47.0. The molecule has 10 heteroatoms. The molecule has 3 atom stereocenters. The van der Waals surface area contributed by atoms with Crippen LogP contribution in [0.2, 0.25) is 0 Å². The van der Waals surface area contributed by atoms with Crippen molar-refractivity contribution in [3.8, 4) is 0 Å². The minimum absolute atomic E-state index is 0.0476. The molecule has 0 aromatic rings. The minimum atomic E-state index is -4.73. The number of hydrogen-bond acceptors (Lipinski definition) is 7. The molecule has 0 radical (unpaired) electrons. The van der Waals surface area contributed by atoms with Crippen LogP contribution in [0, 0.1) is 0 Å². The number of carbonyl (C=O) groups excluding carboxylic acids is 2. The SMILES string of the molecule is CC/C=C\C/C=C\C/C=C\C/C=C\C/C=C\C/C=C\CCC(=O)OC(/C=C/CCCCCCCCCCCC)C(COP(=O)([O-])OCC[N+](C)(C)C)NC(=O)CCCCC/C=C/C/C=C/C/C=C/C/C=C/CC. The summed E-state index contributed by atoms with van der Waals surface area (Å²) in [5.41, 5.74) is 0. The number of phosphoric ester groups is 1. The molecule has 0 saturated carbocycles. The maximum absolute atomic E-state index is 13.5. The van der Waals surface area contributed by atoms with Crippen molar-refractivity contribution in [2.45, 2.75) is 213 Å². The zero-order valence-corrected chi connectivity index (χ0v) is 47.9. The number of amides is 1. The van der Waals surface area contributed by atoms with E-state index >= 15 is 0 Å². The Labute approximate surface area is 447 Å². The van der Waals surface area contributed by atoms with Gasteiger partial charge < -0.3 is 28.5 Å². The smallest absolute Gasteiger partial charge is 0.306 e. The Hall–Kier alpha value is -3.85. The van der Waals surface area contributed by atoms with Crippen LogP contribution in [0.1, 0.15) is 201 Å². The molecule has 1 amide bonds. The van der Waals surface area contributed by atoms with Gasteiger partial charge in [-0.25, -0.2) is 0 Å². The molecule has 9 nitrogen and oxygen atoms in total. The van der Waals surface area contributed by atoms with Crippen LogP contribution < -0.4 is 10.2 Å². The molecule has 0 aromatic carbocycles. The predicted molar refractivity (Wildman–Crippen MR) is 311 cm³/mol. The number of quaternary nitrogens is 1. The van der Waals surface area contributed by atoms with Gasteiger partial charge in [0.1, 0.15) is 19.3 Å². The lowest BCUT2D eigenvalue weighted by atomic mass is 10.1. The first-order valence-electron chi connectivity index (χ1n) is 28.5. The number of rotatable bonds is 49. The van der Waals surface area contributed by atoms with Gasteiger partial charge in [-0.2, -0.15) is 0 Å². The molecule has 0 saturated heterocycles. The normalized spacial score (nSPS) is 14.8. The number of phosphoric acid groups is 1. The Morgan fingerprint density at radius 3 is 1.34 bits per heavy atom. The van der Waals surface area contributed by atoms with Gasteiger partial charge in [0.15, 0.2) is 0 Å². The van der Waals surface area contributed by atoms with E-state index in [-0.39, 0.29) is 25.4 Å². The minimum Gasteiger partial charge on any atom is -0.756 e. The van der Waals surface area contributed by atoms with E-state index in [1.165, 1.54) is 51.4 Å². The van der Waals surface area contributed by atoms with Gasteiger partial charge in [-0.3, -0.25) is 14.2 Å². The van der Waals surface area contributed by atoms with Crippen molar-refractivity contribution in [3.63, 3.8) is 0 Å². The molecular weight excluding hydrogens is 928 g/mol. The summed E-state index contributed by atoms with van der Waals surface area (Å²) >= 11 is 0. The lowest BCUT2D eigenvalue weighted by Gasteiger charge is -2.30. The molecule has 0 rings (SSSR count). The summed E-state index contributed by atoms with van der Waals surface area (Å²) in [6, 6.07) is -0.945. The first kappa shape index (κ1) is 69.2. The van der Waals surface area contributed by atoms with E-state index in [1.54, 1.807) is 6.08 Å². The number of allylic oxidation sites excluding steroid dienone is 21.